The highest BCUT2D eigenvalue weighted by molar-refractivity contribution is 5.44. The van der Waals surface area contributed by atoms with E-state index in [9.17, 15) is 0 Å². The van der Waals surface area contributed by atoms with Gasteiger partial charge in [-0.1, -0.05) is 19.4 Å². The highest BCUT2D eigenvalue weighted by Gasteiger charge is 2.14. The summed E-state index contributed by atoms with van der Waals surface area (Å²) in [7, 11) is 0. The molecule has 0 radical (unpaired) electrons. The van der Waals surface area contributed by atoms with E-state index in [4.69, 9.17) is 9.47 Å². The predicted octanol–water partition coefficient (Wildman–Crippen LogP) is 2.63. The average Bonchev–Trinajstić information content (AvgIpc) is 2.96. The fourth-order valence-electron chi connectivity index (χ4n) is 3.16. The minimum absolute atomic E-state index is 0.346. The number of ether oxygens (including phenoxy) is 2. The van der Waals surface area contributed by atoms with Gasteiger partial charge >= 0.3 is 0 Å². The molecule has 1 aromatic carbocycles. The number of hydrogen-bond donors (Lipinski definition) is 1. The van der Waals surface area contributed by atoms with Gasteiger partial charge in [-0.15, -0.1) is 0 Å². The van der Waals surface area contributed by atoms with E-state index in [2.05, 4.69) is 29.3 Å². The SMILES string of the molecule is CC(CNCc1ccc2c(c1)OCO2)CN1CCCCC1. The highest BCUT2D eigenvalue weighted by atomic mass is 16.7. The minimum Gasteiger partial charge on any atom is -0.454 e. The zero-order valence-electron chi connectivity index (χ0n) is 12.9. The van der Waals surface area contributed by atoms with Gasteiger partial charge in [-0.3, -0.25) is 0 Å². The average molecular weight is 290 g/mol. The molecule has 2 aliphatic rings. The van der Waals surface area contributed by atoms with Gasteiger partial charge in [-0.05, 0) is 56.1 Å². The number of hydrogen-bond acceptors (Lipinski definition) is 4. The number of likely N-dealkylation sites (tertiary alicyclic amines) is 1. The topological polar surface area (TPSA) is 33.7 Å². The van der Waals surface area contributed by atoms with Crippen molar-refractivity contribution < 1.29 is 9.47 Å². The summed E-state index contributed by atoms with van der Waals surface area (Å²) >= 11 is 0. The molecule has 0 bridgehead atoms. The van der Waals surface area contributed by atoms with E-state index in [1.807, 2.05) is 6.07 Å². The largest absolute Gasteiger partial charge is 0.454 e. The van der Waals surface area contributed by atoms with Crippen LogP contribution in [0.2, 0.25) is 0 Å². The van der Waals surface area contributed by atoms with Crippen LogP contribution in [0.25, 0.3) is 0 Å². The van der Waals surface area contributed by atoms with Gasteiger partial charge in [0.2, 0.25) is 6.79 Å². The number of nitrogens with zero attached hydrogens (tertiary/aromatic N) is 1. The lowest BCUT2D eigenvalue weighted by Gasteiger charge is -2.29. The summed E-state index contributed by atoms with van der Waals surface area (Å²) < 4.78 is 10.7. The third-order valence-electron chi connectivity index (χ3n) is 4.28. The maximum absolute atomic E-state index is 5.41. The van der Waals surface area contributed by atoms with Gasteiger partial charge in [-0.25, -0.2) is 0 Å². The highest BCUT2D eigenvalue weighted by Crippen LogP contribution is 2.32. The Hall–Kier alpha value is -1.26. The molecule has 0 saturated carbocycles. The van der Waals surface area contributed by atoms with Crippen molar-refractivity contribution in [3.8, 4) is 11.5 Å². The first-order valence-electron chi connectivity index (χ1n) is 8.13. The monoisotopic (exact) mass is 290 g/mol. The van der Waals surface area contributed by atoms with Crippen LogP contribution in [0.4, 0.5) is 0 Å². The molecular formula is C17H26N2O2. The number of rotatable bonds is 6. The van der Waals surface area contributed by atoms with Crippen LogP contribution in [0.1, 0.15) is 31.7 Å². The van der Waals surface area contributed by atoms with Gasteiger partial charge in [0, 0.05) is 13.1 Å². The third-order valence-corrected chi connectivity index (χ3v) is 4.28. The number of fused-ring (bicyclic) bond motifs is 1. The second-order valence-corrected chi connectivity index (χ2v) is 6.28. The van der Waals surface area contributed by atoms with Crippen molar-refractivity contribution in [3.05, 3.63) is 23.8 Å². The quantitative estimate of drug-likeness (QED) is 0.873. The Morgan fingerprint density at radius 1 is 1.14 bits per heavy atom. The van der Waals surface area contributed by atoms with Crippen LogP contribution < -0.4 is 14.8 Å². The fraction of sp³-hybridized carbons (Fsp3) is 0.647. The standard InChI is InChI=1S/C17H26N2O2/c1-14(12-19-7-3-2-4-8-19)10-18-11-15-5-6-16-17(9-15)21-13-20-16/h5-6,9,14,18H,2-4,7-8,10-13H2,1H3. The summed E-state index contributed by atoms with van der Waals surface area (Å²) in [4.78, 5) is 2.61. The minimum atomic E-state index is 0.346. The zero-order valence-corrected chi connectivity index (χ0v) is 12.9. The molecule has 4 nitrogen and oxygen atoms in total. The Balaban J connectivity index is 1.39. The summed E-state index contributed by atoms with van der Waals surface area (Å²) in [5, 5.41) is 3.56. The maximum Gasteiger partial charge on any atom is 0.231 e. The summed E-state index contributed by atoms with van der Waals surface area (Å²) in [5.41, 5.74) is 1.25. The van der Waals surface area contributed by atoms with Gasteiger partial charge in [0.1, 0.15) is 0 Å². The molecule has 2 heterocycles. The van der Waals surface area contributed by atoms with Crippen LogP contribution in [-0.2, 0) is 6.54 Å². The van der Waals surface area contributed by atoms with Crippen molar-refractivity contribution in [2.24, 2.45) is 5.92 Å². The van der Waals surface area contributed by atoms with Crippen LogP contribution in [0.3, 0.4) is 0 Å². The molecule has 1 atom stereocenters. The van der Waals surface area contributed by atoms with E-state index in [0.717, 1.165) is 24.6 Å². The first kappa shape index (κ1) is 14.7. The predicted molar refractivity (Wildman–Crippen MR) is 83.7 cm³/mol. The van der Waals surface area contributed by atoms with Crippen LogP contribution in [0.15, 0.2) is 18.2 Å². The molecule has 1 unspecified atom stereocenters. The van der Waals surface area contributed by atoms with Gasteiger partial charge in [0.15, 0.2) is 11.5 Å². The van der Waals surface area contributed by atoms with Crippen molar-refractivity contribution in [1.82, 2.24) is 10.2 Å². The molecule has 3 rings (SSSR count). The molecule has 1 N–H and O–H groups in total. The first-order chi connectivity index (χ1) is 10.3. The summed E-state index contributed by atoms with van der Waals surface area (Å²) in [5.74, 6) is 2.42. The summed E-state index contributed by atoms with van der Waals surface area (Å²) in [6, 6.07) is 6.18. The van der Waals surface area contributed by atoms with Crippen molar-refractivity contribution >= 4 is 0 Å². The van der Waals surface area contributed by atoms with E-state index in [-0.39, 0.29) is 0 Å². The Morgan fingerprint density at radius 2 is 1.95 bits per heavy atom. The van der Waals surface area contributed by atoms with Gasteiger partial charge in [-0.2, -0.15) is 0 Å². The summed E-state index contributed by atoms with van der Waals surface area (Å²) in [6.45, 7) is 8.42. The van der Waals surface area contributed by atoms with Crippen LogP contribution in [0, 0.1) is 5.92 Å². The molecule has 0 aromatic heterocycles. The molecule has 116 valence electrons. The van der Waals surface area contributed by atoms with Crippen molar-refractivity contribution in [1.29, 1.82) is 0 Å². The Morgan fingerprint density at radius 3 is 2.81 bits per heavy atom. The zero-order chi connectivity index (χ0) is 14.5. The van der Waals surface area contributed by atoms with E-state index in [1.54, 1.807) is 0 Å². The second kappa shape index (κ2) is 7.14. The van der Waals surface area contributed by atoms with Gasteiger partial charge < -0.3 is 19.7 Å². The number of nitrogens with one attached hydrogen (secondary N) is 1. The maximum atomic E-state index is 5.41. The fourth-order valence-corrected chi connectivity index (χ4v) is 3.16. The van der Waals surface area contributed by atoms with Crippen LogP contribution >= 0.6 is 0 Å². The number of piperidine rings is 1. The van der Waals surface area contributed by atoms with Crippen molar-refractivity contribution in [2.75, 3.05) is 33.0 Å². The first-order valence-corrected chi connectivity index (χ1v) is 8.13. The molecular weight excluding hydrogens is 264 g/mol. The molecule has 0 spiro atoms. The number of benzene rings is 1. The Bertz CT molecular complexity index is 458. The lowest BCUT2D eigenvalue weighted by Crippen LogP contribution is -2.36. The molecule has 4 heteroatoms. The van der Waals surface area contributed by atoms with E-state index in [1.165, 1.54) is 44.5 Å². The smallest absolute Gasteiger partial charge is 0.231 e. The normalized spacial score (nSPS) is 19.7. The van der Waals surface area contributed by atoms with Gasteiger partial charge in [0.05, 0.1) is 0 Å². The van der Waals surface area contributed by atoms with E-state index in [0.29, 0.717) is 12.7 Å². The molecule has 1 aromatic rings. The van der Waals surface area contributed by atoms with Crippen molar-refractivity contribution in [2.45, 2.75) is 32.7 Å². The Labute approximate surface area is 127 Å². The van der Waals surface area contributed by atoms with Gasteiger partial charge in [0.25, 0.3) is 0 Å². The van der Waals surface area contributed by atoms with Crippen molar-refractivity contribution in [3.63, 3.8) is 0 Å². The molecule has 1 fully saturated rings. The molecule has 0 aliphatic carbocycles. The van der Waals surface area contributed by atoms with E-state index >= 15 is 0 Å². The summed E-state index contributed by atoms with van der Waals surface area (Å²) in [6.07, 6.45) is 4.15. The molecule has 0 amide bonds. The third kappa shape index (κ3) is 4.11. The van der Waals surface area contributed by atoms with Crippen LogP contribution in [-0.4, -0.2) is 37.9 Å². The van der Waals surface area contributed by atoms with Crippen LogP contribution in [0.5, 0.6) is 11.5 Å². The lowest BCUT2D eigenvalue weighted by molar-refractivity contribution is 0.174. The lowest BCUT2D eigenvalue weighted by atomic mass is 10.1. The molecule has 1 saturated heterocycles. The molecule has 2 aliphatic heterocycles. The molecule has 21 heavy (non-hydrogen) atoms. The Kier molecular flexibility index (Phi) is 4.99. The van der Waals surface area contributed by atoms with E-state index < -0.39 is 0 Å². The second-order valence-electron chi connectivity index (χ2n) is 6.28.